The maximum atomic E-state index is 14.6. The molecule has 1 aromatic heterocycles. The van der Waals surface area contributed by atoms with Crippen LogP contribution in [0.15, 0.2) is 53.1 Å². The number of piperidine rings is 1. The van der Waals surface area contributed by atoms with Crippen LogP contribution in [-0.4, -0.2) is 42.0 Å². The number of halogens is 4. The Morgan fingerprint density at radius 2 is 1.89 bits per heavy atom. The van der Waals surface area contributed by atoms with Crippen molar-refractivity contribution in [2.24, 2.45) is 0 Å². The first kappa shape index (κ1) is 25.0. The van der Waals surface area contributed by atoms with Crippen molar-refractivity contribution in [3.8, 4) is 0 Å². The van der Waals surface area contributed by atoms with Crippen molar-refractivity contribution < 1.29 is 22.8 Å². The van der Waals surface area contributed by atoms with E-state index in [1.54, 1.807) is 12.3 Å². The molecule has 10 heteroatoms. The number of amides is 2. The number of carbonyl (C=O) groups excluding carboxylic acids is 2. The molecule has 35 heavy (non-hydrogen) atoms. The number of rotatable bonds is 7. The Morgan fingerprint density at radius 1 is 1.11 bits per heavy atom. The average Bonchev–Trinajstić information content (AvgIpc) is 3.23. The summed E-state index contributed by atoms with van der Waals surface area (Å²) in [5, 5.41) is 9.45. The van der Waals surface area contributed by atoms with Gasteiger partial charge in [0.05, 0.1) is 4.47 Å². The molecule has 2 heterocycles. The molecule has 4 rings (SSSR count). The average molecular weight is 549 g/mol. The van der Waals surface area contributed by atoms with Gasteiger partial charge in [-0.15, -0.1) is 0 Å². The lowest BCUT2D eigenvalue weighted by Gasteiger charge is -2.36. The molecule has 1 saturated heterocycles. The number of carbonyl (C=O) groups is 2. The minimum absolute atomic E-state index is 0.0346. The minimum atomic E-state index is -1.20. The van der Waals surface area contributed by atoms with Crippen LogP contribution in [-0.2, 0) is 16.0 Å². The number of hydrogen-bond donors (Lipinski definition) is 4. The van der Waals surface area contributed by atoms with E-state index in [9.17, 15) is 22.8 Å². The largest absolute Gasteiger partial charge is 0.361 e. The van der Waals surface area contributed by atoms with E-state index in [0.717, 1.165) is 28.6 Å². The number of aromatic amines is 1. The van der Waals surface area contributed by atoms with Crippen LogP contribution >= 0.6 is 15.9 Å². The van der Waals surface area contributed by atoms with E-state index in [1.807, 2.05) is 0 Å². The number of aromatic nitrogens is 1. The highest BCUT2D eigenvalue weighted by atomic mass is 79.9. The fourth-order valence-corrected chi connectivity index (χ4v) is 4.59. The van der Waals surface area contributed by atoms with Gasteiger partial charge in [0.25, 0.3) is 0 Å². The van der Waals surface area contributed by atoms with Gasteiger partial charge in [-0.05, 0) is 90.2 Å². The molecule has 0 unspecified atom stereocenters. The van der Waals surface area contributed by atoms with Crippen LogP contribution in [0.5, 0.6) is 0 Å². The zero-order chi connectivity index (χ0) is 25.0. The smallest absolute Gasteiger partial charge is 0.247 e. The van der Waals surface area contributed by atoms with Crippen LogP contribution in [0.2, 0.25) is 0 Å². The van der Waals surface area contributed by atoms with Crippen molar-refractivity contribution >= 4 is 44.5 Å². The second kappa shape index (κ2) is 10.7. The summed E-state index contributed by atoms with van der Waals surface area (Å²) in [7, 11) is 0. The van der Waals surface area contributed by atoms with Crippen LogP contribution < -0.4 is 16.0 Å². The molecule has 0 saturated carbocycles. The molecular formula is C25H24BrF3N4O2. The van der Waals surface area contributed by atoms with Crippen LogP contribution in [0.3, 0.4) is 0 Å². The quantitative estimate of drug-likeness (QED) is 0.335. The molecule has 4 N–H and O–H groups in total. The summed E-state index contributed by atoms with van der Waals surface area (Å²) < 4.78 is 41.7. The predicted octanol–water partition coefficient (Wildman–Crippen LogP) is 4.12. The number of H-pyrrole nitrogens is 1. The molecular weight excluding hydrogens is 525 g/mol. The van der Waals surface area contributed by atoms with Crippen molar-refractivity contribution in [2.45, 2.75) is 24.8 Å². The van der Waals surface area contributed by atoms with Crippen molar-refractivity contribution in [2.75, 3.05) is 19.6 Å². The zero-order valence-electron chi connectivity index (χ0n) is 18.7. The molecule has 0 aliphatic carbocycles. The maximum absolute atomic E-state index is 14.6. The molecule has 2 amide bonds. The van der Waals surface area contributed by atoms with Gasteiger partial charge in [0.2, 0.25) is 11.8 Å². The second-order valence-electron chi connectivity index (χ2n) is 8.45. The fourth-order valence-electron chi connectivity index (χ4n) is 4.21. The topological polar surface area (TPSA) is 86.0 Å². The Hall–Kier alpha value is -3.11. The number of nitrogens with one attached hydrogen (secondary N) is 4. The van der Waals surface area contributed by atoms with Gasteiger partial charge in [0.1, 0.15) is 23.0 Å². The molecule has 0 atom stereocenters. The lowest BCUT2D eigenvalue weighted by atomic mass is 9.87. The van der Waals surface area contributed by atoms with Gasteiger partial charge in [-0.1, -0.05) is 0 Å². The summed E-state index contributed by atoms with van der Waals surface area (Å²) in [4.78, 5) is 28.9. The SMILES string of the molecule is O=C(C=C(F)c1ccc(F)c(Br)c1)NC1(C(=O)NCCc2c[nH]c3ccc(F)cc23)CCNCC1. The third-order valence-electron chi connectivity index (χ3n) is 6.12. The monoisotopic (exact) mass is 548 g/mol. The van der Waals surface area contributed by atoms with Crippen molar-refractivity contribution in [3.05, 3.63) is 75.9 Å². The Kier molecular flexibility index (Phi) is 7.61. The first-order valence-electron chi connectivity index (χ1n) is 11.2. The van der Waals surface area contributed by atoms with Gasteiger partial charge in [0, 0.05) is 35.3 Å². The fraction of sp³-hybridized carbons (Fsp3) is 0.280. The lowest BCUT2D eigenvalue weighted by Crippen LogP contribution is -2.62. The first-order chi connectivity index (χ1) is 16.8. The molecule has 3 aromatic rings. The van der Waals surface area contributed by atoms with E-state index in [4.69, 9.17) is 0 Å². The van der Waals surface area contributed by atoms with E-state index in [1.165, 1.54) is 24.3 Å². The Morgan fingerprint density at radius 3 is 2.63 bits per heavy atom. The summed E-state index contributed by atoms with van der Waals surface area (Å²) in [5.74, 6) is -2.86. The highest BCUT2D eigenvalue weighted by molar-refractivity contribution is 9.10. The van der Waals surface area contributed by atoms with Gasteiger partial charge in [-0.2, -0.15) is 0 Å². The summed E-state index contributed by atoms with van der Waals surface area (Å²) in [6.07, 6.45) is 3.67. The molecule has 1 fully saturated rings. The molecule has 2 aromatic carbocycles. The van der Waals surface area contributed by atoms with Crippen molar-refractivity contribution in [1.29, 1.82) is 0 Å². The number of fused-ring (bicyclic) bond motifs is 1. The second-order valence-corrected chi connectivity index (χ2v) is 9.31. The highest BCUT2D eigenvalue weighted by Gasteiger charge is 2.40. The summed E-state index contributed by atoms with van der Waals surface area (Å²) >= 11 is 2.99. The van der Waals surface area contributed by atoms with E-state index in [-0.39, 0.29) is 28.3 Å². The van der Waals surface area contributed by atoms with Gasteiger partial charge < -0.3 is 20.9 Å². The van der Waals surface area contributed by atoms with E-state index in [2.05, 4.69) is 36.9 Å². The van der Waals surface area contributed by atoms with Crippen LogP contribution in [0, 0.1) is 11.6 Å². The minimum Gasteiger partial charge on any atom is -0.361 e. The van der Waals surface area contributed by atoms with Crippen LogP contribution in [0.25, 0.3) is 16.7 Å². The summed E-state index contributed by atoms with van der Waals surface area (Å²) in [6.45, 7) is 1.29. The third kappa shape index (κ3) is 5.76. The molecule has 1 aliphatic heterocycles. The highest BCUT2D eigenvalue weighted by Crippen LogP contribution is 2.24. The maximum Gasteiger partial charge on any atom is 0.247 e. The van der Waals surface area contributed by atoms with Crippen LogP contribution in [0.1, 0.15) is 24.0 Å². The molecule has 0 bridgehead atoms. The van der Waals surface area contributed by atoms with Crippen molar-refractivity contribution in [1.82, 2.24) is 20.9 Å². The Labute approximate surface area is 208 Å². The standard InChI is InChI=1S/C25H24BrF3N4O2/c26-19-11-15(1-3-20(19)28)21(29)13-23(34)33-25(6-9-30-10-7-25)24(35)31-8-5-16-14-32-22-4-2-17(27)12-18(16)22/h1-4,11-14,30,32H,5-10H2,(H,31,35)(H,33,34). The lowest BCUT2D eigenvalue weighted by molar-refractivity contribution is -0.133. The molecule has 1 aliphatic rings. The van der Waals surface area contributed by atoms with Crippen molar-refractivity contribution in [3.63, 3.8) is 0 Å². The Balaban J connectivity index is 1.43. The third-order valence-corrected chi connectivity index (χ3v) is 6.72. The van der Waals surface area contributed by atoms with E-state index in [0.29, 0.717) is 32.4 Å². The van der Waals surface area contributed by atoms with Gasteiger partial charge in [-0.3, -0.25) is 9.59 Å². The van der Waals surface area contributed by atoms with Gasteiger partial charge in [0.15, 0.2) is 0 Å². The van der Waals surface area contributed by atoms with Gasteiger partial charge in [-0.25, -0.2) is 13.2 Å². The number of hydrogen-bond acceptors (Lipinski definition) is 3. The molecule has 0 spiro atoms. The summed E-state index contributed by atoms with van der Waals surface area (Å²) in [5.41, 5.74) is 0.498. The van der Waals surface area contributed by atoms with E-state index >= 15 is 0 Å². The normalized spacial score (nSPS) is 15.7. The van der Waals surface area contributed by atoms with E-state index < -0.39 is 23.1 Å². The van der Waals surface area contributed by atoms with Gasteiger partial charge >= 0.3 is 0 Å². The van der Waals surface area contributed by atoms with Crippen LogP contribution in [0.4, 0.5) is 13.2 Å². The molecule has 0 radical (unpaired) electrons. The number of benzene rings is 2. The summed E-state index contributed by atoms with van der Waals surface area (Å²) in [6, 6.07) is 8.02. The zero-order valence-corrected chi connectivity index (χ0v) is 20.3. The first-order valence-corrected chi connectivity index (χ1v) is 12.0. The predicted molar refractivity (Wildman–Crippen MR) is 131 cm³/mol. The molecule has 184 valence electrons. The Bertz CT molecular complexity index is 1280. The molecule has 6 nitrogen and oxygen atoms in total.